The highest BCUT2D eigenvalue weighted by Crippen LogP contribution is 2.29. The minimum absolute atomic E-state index is 0.0283. The van der Waals surface area contributed by atoms with Crippen molar-refractivity contribution in [2.75, 3.05) is 6.61 Å². The van der Waals surface area contributed by atoms with Crippen LogP contribution >= 0.6 is 0 Å². The van der Waals surface area contributed by atoms with Gasteiger partial charge in [0.15, 0.2) is 5.58 Å². The minimum Gasteiger partial charge on any atom is -0.450 e. The van der Waals surface area contributed by atoms with E-state index in [1.54, 1.807) is 13.0 Å². The standard InChI is InChI=1S/C10H9F2NO2/c1-2-14-10-13-8-6(9(11)12)4-3-5-7(8)15-10/h3-5,9H,2H2,1H3. The summed E-state index contributed by atoms with van der Waals surface area (Å²) in [5, 5.41) is 0. The molecule has 0 bridgehead atoms. The molecular weight excluding hydrogens is 204 g/mol. The lowest BCUT2D eigenvalue weighted by atomic mass is 10.2. The molecule has 1 aromatic carbocycles. The van der Waals surface area contributed by atoms with Crippen LogP contribution in [0.2, 0.25) is 0 Å². The van der Waals surface area contributed by atoms with E-state index in [1.807, 2.05) is 0 Å². The number of hydrogen-bond donors (Lipinski definition) is 0. The summed E-state index contributed by atoms with van der Waals surface area (Å²) >= 11 is 0. The fraction of sp³-hybridized carbons (Fsp3) is 0.300. The van der Waals surface area contributed by atoms with Crippen LogP contribution in [0.5, 0.6) is 6.08 Å². The lowest BCUT2D eigenvalue weighted by molar-refractivity contribution is 0.153. The molecule has 0 atom stereocenters. The normalized spacial score (nSPS) is 11.2. The number of alkyl halides is 2. The third-order valence-corrected chi connectivity index (χ3v) is 1.93. The summed E-state index contributed by atoms with van der Waals surface area (Å²) < 4.78 is 35.3. The van der Waals surface area contributed by atoms with Gasteiger partial charge in [-0.3, -0.25) is 0 Å². The van der Waals surface area contributed by atoms with Crippen molar-refractivity contribution in [1.29, 1.82) is 0 Å². The van der Waals surface area contributed by atoms with Crippen molar-refractivity contribution in [2.45, 2.75) is 13.3 Å². The van der Waals surface area contributed by atoms with Crippen LogP contribution in [0.1, 0.15) is 18.9 Å². The third-order valence-electron chi connectivity index (χ3n) is 1.93. The zero-order chi connectivity index (χ0) is 10.8. The van der Waals surface area contributed by atoms with E-state index in [2.05, 4.69) is 4.98 Å². The summed E-state index contributed by atoms with van der Waals surface area (Å²) in [6.07, 6.45) is -2.53. The van der Waals surface area contributed by atoms with Crippen molar-refractivity contribution in [2.24, 2.45) is 0 Å². The van der Waals surface area contributed by atoms with E-state index >= 15 is 0 Å². The summed E-state index contributed by atoms with van der Waals surface area (Å²) in [7, 11) is 0. The van der Waals surface area contributed by atoms with Gasteiger partial charge in [0, 0.05) is 5.56 Å². The quantitative estimate of drug-likeness (QED) is 0.785. The third kappa shape index (κ3) is 1.77. The van der Waals surface area contributed by atoms with Crippen molar-refractivity contribution in [3.63, 3.8) is 0 Å². The molecule has 15 heavy (non-hydrogen) atoms. The number of fused-ring (bicyclic) bond motifs is 1. The maximum absolute atomic E-state index is 12.6. The predicted molar refractivity (Wildman–Crippen MR) is 50.1 cm³/mol. The fourth-order valence-electron chi connectivity index (χ4n) is 1.31. The highest BCUT2D eigenvalue weighted by atomic mass is 19.3. The second-order valence-electron chi connectivity index (χ2n) is 2.91. The van der Waals surface area contributed by atoms with Gasteiger partial charge in [-0.25, -0.2) is 8.78 Å². The van der Waals surface area contributed by atoms with Crippen molar-refractivity contribution in [3.05, 3.63) is 23.8 Å². The SMILES string of the molecule is CCOc1nc2c(C(F)F)cccc2o1. The van der Waals surface area contributed by atoms with Crippen LogP contribution in [-0.2, 0) is 0 Å². The van der Waals surface area contributed by atoms with Crippen LogP contribution in [-0.4, -0.2) is 11.6 Å². The molecule has 0 saturated carbocycles. The number of aromatic nitrogens is 1. The molecule has 0 aliphatic rings. The van der Waals surface area contributed by atoms with Gasteiger partial charge in [0.2, 0.25) is 0 Å². The van der Waals surface area contributed by atoms with Gasteiger partial charge in [-0.2, -0.15) is 4.98 Å². The Morgan fingerprint density at radius 2 is 2.27 bits per heavy atom. The molecule has 0 unspecified atom stereocenters. The first-order chi connectivity index (χ1) is 7.22. The smallest absolute Gasteiger partial charge is 0.394 e. The Morgan fingerprint density at radius 3 is 2.93 bits per heavy atom. The second kappa shape index (κ2) is 3.84. The molecular formula is C10H9F2NO2. The van der Waals surface area contributed by atoms with Crippen LogP contribution < -0.4 is 4.74 Å². The number of hydrogen-bond acceptors (Lipinski definition) is 3. The average molecular weight is 213 g/mol. The monoisotopic (exact) mass is 213 g/mol. The molecule has 1 heterocycles. The predicted octanol–water partition coefficient (Wildman–Crippen LogP) is 3.16. The molecule has 80 valence electrons. The van der Waals surface area contributed by atoms with Gasteiger partial charge in [0.05, 0.1) is 6.61 Å². The topological polar surface area (TPSA) is 35.3 Å². The van der Waals surface area contributed by atoms with Crippen LogP contribution in [0.25, 0.3) is 11.1 Å². The van der Waals surface area contributed by atoms with E-state index < -0.39 is 6.43 Å². The molecule has 0 N–H and O–H groups in total. The number of ether oxygens (including phenoxy) is 1. The van der Waals surface area contributed by atoms with Crippen molar-refractivity contribution in [1.82, 2.24) is 4.98 Å². The maximum Gasteiger partial charge on any atom is 0.394 e. The average Bonchev–Trinajstić information content (AvgIpc) is 2.59. The molecule has 5 heteroatoms. The summed E-state index contributed by atoms with van der Waals surface area (Å²) in [5.41, 5.74) is 0.342. The fourth-order valence-corrected chi connectivity index (χ4v) is 1.31. The summed E-state index contributed by atoms with van der Waals surface area (Å²) in [6, 6.07) is 4.41. The number of para-hydroxylation sites is 1. The van der Waals surface area contributed by atoms with E-state index in [4.69, 9.17) is 9.15 Å². The van der Waals surface area contributed by atoms with E-state index in [1.165, 1.54) is 12.1 Å². The Balaban J connectivity index is 2.54. The maximum atomic E-state index is 12.6. The van der Waals surface area contributed by atoms with E-state index in [0.717, 1.165) is 0 Å². The van der Waals surface area contributed by atoms with Gasteiger partial charge in [0.25, 0.3) is 6.43 Å². The highest BCUT2D eigenvalue weighted by Gasteiger charge is 2.16. The van der Waals surface area contributed by atoms with E-state index in [9.17, 15) is 8.78 Å². The zero-order valence-corrected chi connectivity index (χ0v) is 8.04. The Morgan fingerprint density at radius 1 is 1.47 bits per heavy atom. The first-order valence-corrected chi connectivity index (χ1v) is 4.52. The van der Waals surface area contributed by atoms with Crippen molar-refractivity contribution in [3.8, 4) is 6.08 Å². The Hall–Kier alpha value is -1.65. The van der Waals surface area contributed by atoms with E-state index in [0.29, 0.717) is 12.2 Å². The molecule has 0 aliphatic heterocycles. The van der Waals surface area contributed by atoms with Gasteiger partial charge < -0.3 is 9.15 Å². The molecule has 2 aromatic rings. The molecule has 0 radical (unpaired) electrons. The first kappa shape index (κ1) is 9.89. The Bertz CT molecular complexity index is 467. The summed E-state index contributed by atoms with van der Waals surface area (Å²) in [4.78, 5) is 3.85. The molecule has 0 spiro atoms. The van der Waals surface area contributed by atoms with Gasteiger partial charge >= 0.3 is 6.08 Å². The lowest BCUT2D eigenvalue weighted by Gasteiger charge is -1.97. The number of benzene rings is 1. The number of halogens is 2. The Labute approximate surface area is 84.7 Å². The van der Waals surface area contributed by atoms with Gasteiger partial charge in [-0.15, -0.1) is 0 Å². The molecule has 0 amide bonds. The molecule has 2 rings (SSSR count). The van der Waals surface area contributed by atoms with Gasteiger partial charge in [-0.1, -0.05) is 12.1 Å². The van der Waals surface area contributed by atoms with Gasteiger partial charge in [0.1, 0.15) is 5.52 Å². The lowest BCUT2D eigenvalue weighted by Crippen LogP contribution is -1.91. The van der Waals surface area contributed by atoms with E-state index in [-0.39, 0.29) is 17.2 Å². The van der Waals surface area contributed by atoms with Crippen LogP contribution in [0, 0.1) is 0 Å². The number of nitrogens with zero attached hydrogens (tertiary/aromatic N) is 1. The zero-order valence-electron chi connectivity index (χ0n) is 8.04. The van der Waals surface area contributed by atoms with Crippen molar-refractivity contribution < 1.29 is 17.9 Å². The largest absolute Gasteiger partial charge is 0.450 e. The molecule has 1 aromatic heterocycles. The van der Waals surface area contributed by atoms with Crippen LogP contribution in [0.3, 0.4) is 0 Å². The number of oxazole rings is 1. The first-order valence-electron chi connectivity index (χ1n) is 4.52. The molecule has 0 saturated heterocycles. The summed E-state index contributed by atoms with van der Waals surface area (Å²) in [5.74, 6) is 0. The molecule has 0 aliphatic carbocycles. The van der Waals surface area contributed by atoms with Gasteiger partial charge in [-0.05, 0) is 13.0 Å². The molecule has 3 nitrogen and oxygen atoms in total. The summed E-state index contributed by atoms with van der Waals surface area (Å²) in [6.45, 7) is 2.15. The minimum atomic E-state index is -2.56. The molecule has 0 fully saturated rings. The second-order valence-corrected chi connectivity index (χ2v) is 2.91. The van der Waals surface area contributed by atoms with Crippen LogP contribution in [0.4, 0.5) is 8.78 Å². The number of rotatable bonds is 3. The highest BCUT2D eigenvalue weighted by molar-refractivity contribution is 5.77. The van der Waals surface area contributed by atoms with Crippen molar-refractivity contribution >= 4 is 11.1 Å². The van der Waals surface area contributed by atoms with Crippen LogP contribution in [0.15, 0.2) is 22.6 Å². The Kier molecular flexibility index (Phi) is 2.53.